The molecular formula is C18H15NO. The summed E-state index contributed by atoms with van der Waals surface area (Å²) in [6, 6.07) is 23.7. The zero-order chi connectivity index (χ0) is 13.8. The van der Waals surface area contributed by atoms with Crippen LogP contribution in [0.15, 0.2) is 72.8 Å². The predicted octanol–water partition coefficient (Wildman–Crippen LogP) is 3.77. The van der Waals surface area contributed by atoms with Gasteiger partial charge < -0.3 is 5.32 Å². The highest BCUT2D eigenvalue weighted by molar-refractivity contribution is 5.98. The summed E-state index contributed by atoms with van der Waals surface area (Å²) in [5.74, 6) is -0.0420. The maximum atomic E-state index is 12.2. The second-order valence-corrected chi connectivity index (χ2v) is 4.73. The normalized spacial score (nSPS) is 10.4. The van der Waals surface area contributed by atoms with E-state index in [1.807, 2.05) is 72.8 Å². The Kier molecular flexibility index (Phi) is 3.46. The van der Waals surface area contributed by atoms with Crippen LogP contribution in [0, 0.1) is 0 Å². The van der Waals surface area contributed by atoms with Crippen LogP contribution in [0.2, 0.25) is 0 Å². The second-order valence-electron chi connectivity index (χ2n) is 4.73. The maximum Gasteiger partial charge on any atom is 0.251 e. The lowest BCUT2D eigenvalue weighted by atomic mass is 10.1. The molecule has 0 saturated carbocycles. The van der Waals surface area contributed by atoms with Gasteiger partial charge in [0.15, 0.2) is 0 Å². The molecule has 0 radical (unpaired) electrons. The van der Waals surface area contributed by atoms with E-state index in [2.05, 4.69) is 5.32 Å². The van der Waals surface area contributed by atoms with Crippen molar-refractivity contribution in [2.24, 2.45) is 0 Å². The smallest absolute Gasteiger partial charge is 0.251 e. The minimum absolute atomic E-state index is 0.0420. The molecule has 1 N–H and O–H groups in total. The van der Waals surface area contributed by atoms with Gasteiger partial charge in [0.25, 0.3) is 5.91 Å². The number of amides is 1. The molecule has 0 spiro atoms. The van der Waals surface area contributed by atoms with Crippen LogP contribution in [0.1, 0.15) is 15.9 Å². The van der Waals surface area contributed by atoms with Crippen LogP contribution in [0.3, 0.4) is 0 Å². The van der Waals surface area contributed by atoms with Crippen LogP contribution in [0.4, 0.5) is 0 Å². The number of carbonyl (C=O) groups is 1. The van der Waals surface area contributed by atoms with Crippen LogP contribution < -0.4 is 5.32 Å². The van der Waals surface area contributed by atoms with Gasteiger partial charge in [0.2, 0.25) is 0 Å². The van der Waals surface area contributed by atoms with E-state index < -0.39 is 0 Å². The molecule has 3 aromatic rings. The van der Waals surface area contributed by atoms with E-state index in [9.17, 15) is 4.79 Å². The summed E-state index contributed by atoms with van der Waals surface area (Å²) < 4.78 is 0. The Labute approximate surface area is 118 Å². The summed E-state index contributed by atoms with van der Waals surface area (Å²) in [6.07, 6.45) is 0. The van der Waals surface area contributed by atoms with Crippen molar-refractivity contribution in [3.63, 3.8) is 0 Å². The standard InChI is InChI=1S/C18H15NO/c20-18(19-13-14-6-2-1-3-7-14)17-11-10-15-8-4-5-9-16(15)12-17/h1-12H,13H2,(H,19,20). The number of carbonyl (C=O) groups excluding carboxylic acids is 1. The van der Waals surface area contributed by atoms with E-state index in [1.165, 1.54) is 0 Å². The summed E-state index contributed by atoms with van der Waals surface area (Å²) in [5.41, 5.74) is 1.79. The van der Waals surface area contributed by atoms with Crippen molar-refractivity contribution in [2.75, 3.05) is 0 Å². The molecule has 0 aromatic heterocycles. The summed E-state index contributed by atoms with van der Waals surface area (Å²) in [4.78, 5) is 12.2. The molecule has 0 aliphatic carbocycles. The molecule has 0 heterocycles. The minimum atomic E-state index is -0.0420. The molecule has 0 aliphatic heterocycles. The topological polar surface area (TPSA) is 29.1 Å². The van der Waals surface area contributed by atoms with E-state index in [0.717, 1.165) is 16.3 Å². The first-order valence-corrected chi connectivity index (χ1v) is 6.64. The van der Waals surface area contributed by atoms with Gasteiger partial charge in [-0.25, -0.2) is 0 Å². The van der Waals surface area contributed by atoms with E-state index in [0.29, 0.717) is 12.1 Å². The first-order chi connectivity index (χ1) is 9.83. The molecule has 3 rings (SSSR count). The first kappa shape index (κ1) is 12.4. The summed E-state index contributed by atoms with van der Waals surface area (Å²) >= 11 is 0. The summed E-state index contributed by atoms with van der Waals surface area (Å²) in [5, 5.41) is 5.17. The zero-order valence-electron chi connectivity index (χ0n) is 11.0. The number of hydrogen-bond acceptors (Lipinski definition) is 1. The van der Waals surface area contributed by atoms with Gasteiger partial charge >= 0.3 is 0 Å². The van der Waals surface area contributed by atoms with Gasteiger partial charge in [-0.2, -0.15) is 0 Å². The van der Waals surface area contributed by atoms with Crippen molar-refractivity contribution in [1.82, 2.24) is 5.32 Å². The third kappa shape index (κ3) is 2.69. The Morgan fingerprint density at radius 1 is 0.800 bits per heavy atom. The molecule has 0 aliphatic rings. The maximum absolute atomic E-state index is 12.2. The van der Waals surface area contributed by atoms with Crippen molar-refractivity contribution in [2.45, 2.75) is 6.54 Å². The molecule has 20 heavy (non-hydrogen) atoms. The van der Waals surface area contributed by atoms with Crippen LogP contribution in [-0.4, -0.2) is 5.91 Å². The van der Waals surface area contributed by atoms with Crippen molar-refractivity contribution in [3.05, 3.63) is 83.9 Å². The van der Waals surface area contributed by atoms with Crippen molar-refractivity contribution < 1.29 is 4.79 Å². The quantitative estimate of drug-likeness (QED) is 0.764. The Morgan fingerprint density at radius 2 is 1.50 bits per heavy atom. The largest absolute Gasteiger partial charge is 0.348 e. The van der Waals surface area contributed by atoms with Crippen LogP contribution in [0.25, 0.3) is 10.8 Å². The van der Waals surface area contributed by atoms with Crippen molar-refractivity contribution >= 4 is 16.7 Å². The lowest BCUT2D eigenvalue weighted by Crippen LogP contribution is -2.22. The average Bonchev–Trinajstić information content (AvgIpc) is 2.53. The monoisotopic (exact) mass is 261 g/mol. The summed E-state index contributed by atoms with van der Waals surface area (Å²) in [7, 11) is 0. The van der Waals surface area contributed by atoms with E-state index in [4.69, 9.17) is 0 Å². The SMILES string of the molecule is O=C(NCc1ccccc1)c1ccc2ccccc2c1. The lowest BCUT2D eigenvalue weighted by Gasteiger charge is -2.06. The molecule has 2 heteroatoms. The Bertz CT molecular complexity index is 735. The minimum Gasteiger partial charge on any atom is -0.348 e. The fourth-order valence-electron chi connectivity index (χ4n) is 2.21. The van der Waals surface area contributed by atoms with Gasteiger partial charge in [0, 0.05) is 12.1 Å². The molecule has 0 fully saturated rings. The molecule has 0 unspecified atom stereocenters. The number of benzene rings is 3. The molecular weight excluding hydrogens is 246 g/mol. The van der Waals surface area contributed by atoms with Crippen LogP contribution in [-0.2, 0) is 6.54 Å². The zero-order valence-corrected chi connectivity index (χ0v) is 11.0. The summed E-state index contributed by atoms with van der Waals surface area (Å²) in [6.45, 7) is 0.548. The Morgan fingerprint density at radius 3 is 2.30 bits per heavy atom. The number of fused-ring (bicyclic) bond motifs is 1. The number of nitrogens with one attached hydrogen (secondary N) is 1. The van der Waals surface area contributed by atoms with Gasteiger partial charge in [0.05, 0.1) is 0 Å². The molecule has 2 nitrogen and oxygen atoms in total. The molecule has 0 saturated heterocycles. The molecule has 0 atom stereocenters. The fraction of sp³-hybridized carbons (Fsp3) is 0.0556. The third-order valence-corrected chi connectivity index (χ3v) is 3.31. The van der Waals surface area contributed by atoms with Gasteiger partial charge in [-0.15, -0.1) is 0 Å². The van der Waals surface area contributed by atoms with Gasteiger partial charge in [0.1, 0.15) is 0 Å². The molecule has 98 valence electrons. The Balaban J connectivity index is 1.75. The van der Waals surface area contributed by atoms with Crippen molar-refractivity contribution in [3.8, 4) is 0 Å². The average molecular weight is 261 g/mol. The number of rotatable bonds is 3. The van der Waals surface area contributed by atoms with Gasteiger partial charge in [-0.1, -0.05) is 60.7 Å². The van der Waals surface area contributed by atoms with Crippen LogP contribution >= 0.6 is 0 Å². The Hall–Kier alpha value is -2.61. The predicted molar refractivity (Wildman–Crippen MR) is 81.6 cm³/mol. The molecule has 0 bridgehead atoms. The highest BCUT2D eigenvalue weighted by Gasteiger charge is 2.05. The van der Waals surface area contributed by atoms with Crippen molar-refractivity contribution in [1.29, 1.82) is 0 Å². The first-order valence-electron chi connectivity index (χ1n) is 6.64. The van der Waals surface area contributed by atoms with E-state index in [-0.39, 0.29) is 5.91 Å². The molecule has 1 amide bonds. The number of hydrogen-bond donors (Lipinski definition) is 1. The third-order valence-electron chi connectivity index (χ3n) is 3.31. The van der Waals surface area contributed by atoms with Gasteiger partial charge in [-0.05, 0) is 28.5 Å². The lowest BCUT2D eigenvalue weighted by molar-refractivity contribution is 0.0951. The highest BCUT2D eigenvalue weighted by Crippen LogP contribution is 2.15. The van der Waals surface area contributed by atoms with E-state index in [1.54, 1.807) is 0 Å². The van der Waals surface area contributed by atoms with E-state index >= 15 is 0 Å². The molecule has 3 aromatic carbocycles. The second kappa shape index (κ2) is 5.57. The van der Waals surface area contributed by atoms with Crippen LogP contribution in [0.5, 0.6) is 0 Å². The highest BCUT2D eigenvalue weighted by atomic mass is 16.1. The van der Waals surface area contributed by atoms with Gasteiger partial charge in [-0.3, -0.25) is 4.79 Å². The fourth-order valence-corrected chi connectivity index (χ4v) is 2.21.